The van der Waals surface area contributed by atoms with Crippen LogP contribution in [0.5, 0.6) is 0 Å². The van der Waals surface area contributed by atoms with Gasteiger partial charge in [0.15, 0.2) is 4.87 Å². The van der Waals surface area contributed by atoms with E-state index in [2.05, 4.69) is 0 Å². The molecule has 0 N–H and O–H groups in total. The van der Waals surface area contributed by atoms with Crippen molar-refractivity contribution in [1.29, 1.82) is 0 Å². The van der Waals surface area contributed by atoms with E-state index in [4.69, 9.17) is 23.2 Å². The van der Waals surface area contributed by atoms with Crippen LogP contribution in [0, 0.1) is 5.82 Å². The molecule has 2 amide bonds. The van der Waals surface area contributed by atoms with E-state index in [9.17, 15) is 14.0 Å². The summed E-state index contributed by atoms with van der Waals surface area (Å²) in [5.74, 6) is -0.563. The van der Waals surface area contributed by atoms with Gasteiger partial charge in [-0.1, -0.05) is 47.5 Å². The van der Waals surface area contributed by atoms with Gasteiger partial charge in [0.05, 0.1) is 12.2 Å². The normalized spacial score (nSPS) is 19.7. The van der Waals surface area contributed by atoms with E-state index in [0.29, 0.717) is 33.6 Å². The number of hydrogen-bond donors (Lipinski definition) is 0. The Kier molecular flexibility index (Phi) is 5.40. The van der Waals surface area contributed by atoms with Gasteiger partial charge in [0.1, 0.15) is 5.82 Å². The highest BCUT2D eigenvalue weighted by Crippen LogP contribution is 2.55. The topological polar surface area (TPSA) is 40.6 Å². The summed E-state index contributed by atoms with van der Waals surface area (Å²) in [5.41, 5.74) is 2.35. The van der Waals surface area contributed by atoms with Crippen LogP contribution in [0.25, 0.3) is 0 Å². The first kappa shape index (κ1) is 21.3. The number of hydrogen-bond acceptors (Lipinski definition) is 3. The second kappa shape index (κ2) is 8.10. The summed E-state index contributed by atoms with van der Waals surface area (Å²) < 4.78 is 13.8. The van der Waals surface area contributed by atoms with Gasteiger partial charge in [0.2, 0.25) is 0 Å². The number of benzene rings is 3. The lowest BCUT2D eigenvalue weighted by Gasteiger charge is -2.33. The van der Waals surface area contributed by atoms with Gasteiger partial charge in [-0.15, -0.1) is 11.8 Å². The number of fused-ring (bicyclic) bond motifs is 2. The molecular weight excluding hydrogens is 470 g/mol. The first-order chi connectivity index (χ1) is 15.4. The number of rotatable bonds is 3. The van der Waals surface area contributed by atoms with Crippen molar-refractivity contribution >= 4 is 52.5 Å². The largest absolute Gasteiger partial charge is 0.311 e. The molecule has 162 valence electrons. The number of carbonyl (C=O) groups excluding carboxylic acids is 2. The zero-order chi connectivity index (χ0) is 22.5. The highest BCUT2D eigenvalue weighted by molar-refractivity contribution is 8.01. The van der Waals surface area contributed by atoms with Gasteiger partial charge in [0, 0.05) is 33.5 Å². The van der Waals surface area contributed by atoms with Crippen molar-refractivity contribution in [1.82, 2.24) is 4.90 Å². The summed E-state index contributed by atoms with van der Waals surface area (Å²) >= 11 is 14.1. The Balaban J connectivity index is 1.61. The highest BCUT2D eigenvalue weighted by Gasteiger charge is 2.59. The van der Waals surface area contributed by atoms with Gasteiger partial charge in [-0.2, -0.15) is 0 Å². The fourth-order valence-electron chi connectivity index (χ4n) is 4.32. The predicted molar refractivity (Wildman–Crippen MR) is 126 cm³/mol. The van der Waals surface area contributed by atoms with Gasteiger partial charge in [0.25, 0.3) is 11.8 Å². The molecule has 2 aliphatic rings. The molecule has 0 radical (unpaired) electrons. The maximum atomic E-state index is 14.0. The smallest absolute Gasteiger partial charge is 0.268 e. The van der Waals surface area contributed by atoms with Crippen LogP contribution < -0.4 is 4.90 Å². The van der Waals surface area contributed by atoms with E-state index in [0.717, 1.165) is 5.56 Å². The summed E-state index contributed by atoms with van der Waals surface area (Å²) in [7, 11) is 0. The standard InChI is InChI=1S/C24H17Cl2FN2O2S/c25-17-8-9-21-19(13-17)24(23(31)28(21)14-16-4-1-2-7-20(16)26)29(10-11-32-24)22(30)15-5-3-6-18(27)12-15/h1-9,12-13H,10-11,14H2/t24-/m1/s1. The summed E-state index contributed by atoms with van der Waals surface area (Å²) in [6, 6.07) is 18.1. The number of halogens is 3. The van der Waals surface area contributed by atoms with E-state index in [1.54, 1.807) is 35.2 Å². The molecule has 0 aliphatic carbocycles. The van der Waals surface area contributed by atoms with E-state index >= 15 is 0 Å². The van der Waals surface area contributed by atoms with Crippen molar-refractivity contribution in [3.8, 4) is 0 Å². The van der Waals surface area contributed by atoms with Crippen molar-refractivity contribution in [3.05, 3.63) is 99.3 Å². The third-order valence-corrected chi connectivity index (χ3v) is 7.78. The second-order valence-corrected chi connectivity index (χ2v) is 9.74. The number of thioether (sulfide) groups is 1. The van der Waals surface area contributed by atoms with E-state index in [1.165, 1.54) is 34.9 Å². The summed E-state index contributed by atoms with van der Waals surface area (Å²) in [6.07, 6.45) is 0. The number of anilines is 1. The molecule has 1 atom stereocenters. The molecule has 5 rings (SSSR count). The zero-order valence-corrected chi connectivity index (χ0v) is 19.1. The Morgan fingerprint density at radius 2 is 1.88 bits per heavy atom. The Morgan fingerprint density at radius 3 is 2.66 bits per heavy atom. The molecule has 1 spiro atoms. The van der Waals surface area contributed by atoms with Crippen LogP contribution >= 0.6 is 35.0 Å². The molecule has 2 aliphatic heterocycles. The fourth-order valence-corrected chi connectivity index (χ4v) is 6.14. The minimum atomic E-state index is -1.26. The second-order valence-electron chi connectivity index (χ2n) is 7.60. The van der Waals surface area contributed by atoms with Crippen molar-refractivity contribution in [2.24, 2.45) is 0 Å². The number of carbonyl (C=O) groups is 2. The van der Waals surface area contributed by atoms with Gasteiger partial charge in [-0.3, -0.25) is 9.59 Å². The van der Waals surface area contributed by atoms with E-state index in [1.807, 2.05) is 18.2 Å². The molecule has 3 aromatic rings. The molecule has 8 heteroatoms. The molecule has 0 unspecified atom stereocenters. The monoisotopic (exact) mass is 486 g/mol. The number of amides is 2. The quantitative estimate of drug-likeness (QED) is 0.475. The van der Waals surface area contributed by atoms with E-state index < -0.39 is 16.6 Å². The molecule has 3 aromatic carbocycles. The van der Waals surface area contributed by atoms with Crippen LogP contribution in [0.3, 0.4) is 0 Å². The molecule has 0 aromatic heterocycles. The first-order valence-corrected chi connectivity index (χ1v) is 11.7. The zero-order valence-electron chi connectivity index (χ0n) is 16.7. The minimum Gasteiger partial charge on any atom is -0.311 e. The minimum absolute atomic E-state index is 0.202. The van der Waals surface area contributed by atoms with Crippen molar-refractivity contribution in [3.63, 3.8) is 0 Å². The van der Waals surface area contributed by atoms with Crippen molar-refractivity contribution in [2.45, 2.75) is 11.4 Å². The molecular formula is C24H17Cl2FN2O2S. The van der Waals surface area contributed by atoms with Gasteiger partial charge in [-0.25, -0.2) is 4.39 Å². The summed E-state index contributed by atoms with van der Waals surface area (Å²) in [5, 5.41) is 1.03. The fraction of sp³-hybridized carbons (Fsp3) is 0.167. The molecule has 1 fully saturated rings. The molecule has 2 heterocycles. The lowest BCUT2D eigenvalue weighted by atomic mass is 10.0. The Morgan fingerprint density at radius 1 is 1.06 bits per heavy atom. The van der Waals surface area contributed by atoms with Gasteiger partial charge >= 0.3 is 0 Å². The number of nitrogens with zero attached hydrogens (tertiary/aromatic N) is 2. The van der Waals surface area contributed by atoms with Crippen LogP contribution in [0.1, 0.15) is 21.5 Å². The molecule has 4 nitrogen and oxygen atoms in total. The SMILES string of the molecule is O=C(c1cccc(F)c1)N1CCS[C@]12C(=O)N(Cc1ccccc1Cl)c1ccc(Cl)cc12. The summed E-state index contributed by atoms with van der Waals surface area (Å²) in [4.78, 5) is 29.3. The van der Waals surface area contributed by atoms with Gasteiger partial charge < -0.3 is 9.80 Å². The third-order valence-electron chi connectivity index (χ3n) is 5.76. The maximum absolute atomic E-state index is 14.0. The predicted octanol–water partition coefficient (Wildman–Crippen LogP) is 5.72. The Bertz CT molecular complexity index is 1250. The van der Waals surface area contributed by atoms with Crippen LogP contribution in [0.15, 0.2) is 66.7 Å². The van der Waals surface area contributed by atoms with Crippen molar-refractivity contribution in [2.75, 3.05) is 17.2 Å². The average molecular weight is 487 g/mol. The van der Waals surface area contributed by atoms with Gasteiger partial charge in [-0.05, 0) is 48.0 Å². The Hall–Kier alpha value is -2.54. The molecule has 1 saturated heterocycles. The lowest BCUT2D eigenvalue weighted by Crippen LogP contribution is -2.50. The molecule has 32 heavy (non-hydrogen) atoms. The van der Waals surface area contributed by atoms with Crippen LogP contribution in [-0.4, -0.2) is 29.0 Å². The van der Waals surface area contributed by atoms with Crippen molar-refractivity contribution < 1.29 is 14.0 Å². The third kappa shape index (κ3) is 3.29. The van der Waals surface area contributed by atoms with Crippen LogP contribution in [0.2, 0.25) is 10.0 Å². The van der Waals surface area contributed by atoms with Crippen LogP contribution in [0.4, 0.5) is 10.1 Å². The molecule has 0 bridgehead atoms. The summed E-state index contributed by atoms with van der Waals surface area (Å²) in [6.45, 7) is 0.620. The molecule has 0 saturated carbocycles. The highest BCUT2D eigenvalue weighted by atomic mass is 35.5. The lowest BCUT2D eigenvalue weighted by molar-refractivity contribution is -0.123. The Labute approximate surface area is 198 Å². The van der Waals surface area contributed by atoms with Crippen LogP contribution in [-0.2, 0) is 16.2 Å². The average Bonchev–Trinajstić information content (AvgIpc) is 3.32. The maximum Gasteiger partial charge on any atom is 0.268 e. The van der Waals surface area contributed by atoms with E-state index in [-0.39, 0.29) is 18.0 Å². The first-order valence-electron chi connectivity index (χ1n) is 9.99.